The van der Waals surface area contributed by atoms with E-state index in [-0.39, 0.29) is 16.8 Å². The second-order valence-electron chi connectivity index (χ2n) is 3.44. The van der Waals surface area contributed by atoms with Gasteiger partial charge in [0.2, 0.25) is 0 Å². The highest BCUT2D eigenvalue weighted by Crippen LogP contribution is 2.28. The first-order valence-corrected chi connectivity index (χ1v) is 5.24. The van der Waals surface area contributed by atoms with E-state index in [9.17, 15) is 10.1 Å². The summed E-state index contributed by atoms with van der Waals surface area (Å²) in [5.74, 6) is 0. The van der Waals surface area contributed by atoms with Crippen LogP contribution in [-0.4, -0.2) is 4.92 Å². The van der Waals surface area contributed by atoms with E-state index in [1.807, 2.05) is 0 Å². The lowest BCUT2D eigenvalue weighted by molar-refractivity contribution is -0.384. The number of halogens is 1. The second kappa shape index (κ2) is 5.63. The number of allylic oxidation sites excluding steroid dienone is 1. The van der Waals surface area contributed by atoms with Crippen molar-refractivity contribution in [3.8, 4) is 0 Å². The number of hydrogen-bond donors (Lipinski definition) is 1. The number of nitrogens with two attached hydrogens (primary N) is 1. The van der Waals surface area contributed by atoms with Crippen LogP contribution in [0.4, 0.5) is 5.69 Å². The summed E-state index contributed by atoms with van der Waals surface area (Å²) >= 11 is 5.70. The predicted molar refractivity (Wildman–Crippen MR) is 64.5 cm³/mol. The van der Waals surface area contributed by atoms with Crippen LogP contribution in [-0.2, 0) is 0 Å². The van der Waals surface area contributed by atoms with Gasteiger partial charge in [-0.2, -0.15) is 0 Å². The van der Waals surface area contributed by atoms with Crippen LogP contribution >= 0.6 is 11.6 Å². The molecule has 16 heavy (non-hydrogen) atoms. The first-order valence-electron chi connectivity index (χ1n) is 4.86. The summed E-state index contributed by atoms with van der Waals surface area (Å²) in [5.41, 5.74) is 6.50. The average molecular weight is 241 g/mol. The minimum absolute atomic E-state index is 0.104. The molecule has 1 aromatic carbocycles. The van der Waals surface area contributed by atoms with Gasteiger partial charge in [0.1, 0.15) is 5.02 Å². The molecule has 0 saturated heterocycles. The molecule has 2 N–H and O–H groups in total. The molecule has 0 unspecified atom stereocenters. The standard InChI is InChI=1S/C11H13ClN2O2/c1-2-3-4-10(13)8-5-6-9(12)11(7-8)14(15)16/h2,5-7,10H,1,3-4,13H2/t10-/m1/s1. The van der Waals surface area contributed by atoms with Crippen molar-refractivity contribution in [2.24, 2.45) is 5.73 Å². The number of nitro groups is 1. The van der Waals surface area contributed by atoms with E-state index in [0.29, 0.717) is 6.42 Å². The molecule has 0 spiro atoms. The fourth-order valence-corrected chi connectivity index (χ4v) is 1.55. The molecule has 0 bridgehead atoms. The molecule has 0 fully saturated rings. The van der Waals surface area contributed by atoms with Crippen molar-refractivity contribution in [3.63, 3.8) is 0 Å². The zero-order chi connectivity index (χ0) is 12.1. The van der Waals surface area contributed by atoms with Crippen molar-refractivity contribution in [1.82, 2.24) is 0 Å². The summed E-state index contributed by atoms with van der Waals surface area (Å²) in [5, 5.41) is 10.8. The first-order chi connectivity index (χ1) is 7.56. The molecule has 0 aliphatic carbocycles. The Morgan fingerprint density at radius 1 is 1.62 bits per heavy atom. The molecule has 0 amide bonds. The van der Waals surface area contributed by atoms with Crippen LogP contribution in [0.5, 0.6) is 0 Å². The van der Waals surface area contributed by atoms with Crippen LogP contribution in [0.3, 0.4) is 0 Å². The van der Waals surface area contributed by atoms with Crippen LogP contribution in [0, 0.1) is 10.1 Å². The molecule has 1 aromatic rings. The van der Waals surface area contributed by atoms with E-state index < -0.39 is 4.92 Å². The highest BCUT2D eigenvalue weighted by molar-refractivity contribution is 6.32. The maximum absolute atomic E-state index is 10.7. The van der Waals surface area contributed by atoms with Crippen molar-refractivity contribution in [2.45, 2.75) is 18.9 Å². The molecular formula is C11H13ClN2O2. The Hall–Kier alpha value is -1.39. The third-order valence-corrected chi connectivity index (χ3v) is 2.60. The quantitative estimate of drug-likeness (QED) is 0.488. The Morgan fingerprint density at radius 2 is 2.31 bits per heavy atom. The van der Waals surface area contributed by atoms with E-state index in [1.54, 1.807) is 12.1 Å². The van der Waals surface area contributed by atoms with Crippen molar-refractivity contribution in [1.29, 1.82) is 0 Å². The van der Waals surface area contributed by atoms with Gasteiger partial charge in [0.25, 0.3) is 5.69 Å². The van der Waals surface area contributed by atoms with Crippen molar-refractivity contribution < 1.29 is 4.92 Å². The molecule has 4 nitrogen and oxygen atoms in total. The molecule has 0 aliphatic heterocycles. The molecule has 1 rings (SSSR count). The summed E-state index contributed by atoms with van der Waals surface area (Å²) < 4.78 is 0. The largest absolute Gasteiger partial charge is 0.324 e. The SMILES string of the molecule is C=CCC[C@@H](N)c1ccc(Cl)c([N+](=O)[O-])c1. The predicted octanol–water partition coefficient (Wildman–Crippen LogP) is 3.21. The summed E-state index contributed by atoms with van der Waals surface area (Å²) in [6.45, 7) is 3.60. The molecule has 0 aliphatic rings. The third-order valence-electron chi connectivity index (χ3n) is 2.28. The van der Waals surface area contributed by atoms with E-state index in [1.165, 1.54) is 12.1 Å². The fraction of sp³-hybridized carbons (Fsp3) is 0.273. The summed E-state index contributed by atoms with van der Waals surface area (Å²) in [6, 6.07) is 4.41. The molecule has 0 aromatic heterocycles. The number of benzene rings is 1. The van der Waals surface area contributed by atoms with Gasteiger partial charge in [0.05, 0.1) is 4.92 Å². The highest BCUT2D eigenvalue weighted by atomic mass is 35.5. The van der Waals surface area contributed by atoms with Gasteiger partial charge in [-0.3, -0.25) is 10.1 Å². The molecule has 1 atom stereocenters. The zero-order valence-electron chi connectivity index (χ0n) is 8.73. The zero-order valence-corrected chi connectivity index (χ0v) is 9.48. The Balaban J connectivity index is 2.93. The maximum atomic E-state index is 10.7. The second-order valence-corrected chi connectivity index (χ2v) is 3.85. The van der Waals surface area contributed by atoms with Gasteiger partial charge in [-0.15, -0.1) is 6.58 Å². The number of nitro benzene ring substituents is 1. The number of rotatable bonds is 5. The lowest BCUT2D eigenvalue weighted by atomic mass is 10.0. The fourth-order valence-electron chi connectivity index (χ4n) is 1.36. The molecule has 0 heterocycles. The van der Waals surface area contributed by atoms with Crippen molar-refractivity contribution in [2.75, 3.05) is 0 Å². The molecule has 0 radical (unpaired) electrons. The Labute approximate surface area is 98.9 Å². The lowest BCUT2D eigenvalue weighted by Gasteiger charge is -2.10. The van der Waals surface area contributed by atoms with Gasteiger partial charge in [-0.1, -0.05) is 23.7 Å². The van der Waals surface area contributed by atoms with Crippen LogP contribution in [0.15, 0.2) is 30.9 Å². The Bertz CT molecular complexity index is 407. The smallest absolute Gasteiger partial charge is 0.288 e. The van der Waals surface area contributed by atoms with Crippen molar-refractivity contribution in [3.05, 3.63) is 51.6 Å². The van der Waals surface area contributed by atoms with E-state index in [2.05, 4.69) is 6.58 Å². The van der Waals surface area contributed by atoms with Crippen LogP contribution in [0.2, 0.25) is 5.02 Å². The molecule has 0 saturated carbocycles. The van der Waals surface area contributed by atoms with Crippen molar-refractivity contribution >= 4 is 17.3 Å². The Kier molecular flexibility index (Phi) is 4.46. The summed E-state index contributed by atoms with van der Waals surface area (Å²) in [7, 11) is 0. The topological polar surface area (TPSA) is 69.2 Å². The van der Waals surface area contributed by atoms with Crippen LogP contribution in [0.1, 0.15) is 24.4 Å². The van der Waals surface area contributed by atoms with Gasteiger partial charge in [-0.05, 0) is 24.5 Å². The van der Waals surface area contributed by atoms with Gasteiger partial charge in [0.15, 0.2) is 0 Å². The highest BCUT2D eigenvalue weighted by Gasteiger charge is 2.15. The van der Waals surface area contributed by atoms with E-state index >= 15 is 0 Å². The first kappa shape index (κ1) is 12.7. The lowest BCUT2D eigenvalue weighted by Crippen LogP contribution is -2.10. The molecule has 5 heteroatoms. The summed E-state index contributed by atoms with van der Waals surface area (Å²) in [4.78, 5) is 10.2. The third kappa shape index (κ3) is 3.05. The normalized spacial score (nSPS) is 12.1. The minimum Gasteiger partial charge on any atom is -0.324 e. The Morgan fingerprint density at radius 3 is 2.88 bits per heavy atom. The van der Waals surface area contributed by atoms with Gasteiger partial charge in [-0.25, -0.2) is 0 Å². The number of nitrogens with zero attached hydrogens (tertiary/aromatic N) is 1. The van der Waals surface area contributed by atoms with E-state index in [0.717, 1.165) is 12.0 Å². The van der Waals surface area contributed by atoms with Crippen LogP contribution < -0.4 is 5.73 Å². The average Bonchev–Trinajstić information content (AvgIpc) is 2.26. The summed E-state index contributed by atoms with van der Waals surface area (Å²) in [6.07, 6.45) is 3.25. The minimum atomic E-state index is -0.508. The van der Waals surface area contributed by atoms with E-state index in [4.69, 9.17) is 17.3 Å². The molecule has 86 valence electrons. The maximum Gasteiger partial charge on any atom is 0.288 e. The van der Waals surface area contributed by atoms with Gasteiger partial charge < -0.3 is 5.73 Å². The van der Waals surface area contributed by atoms with Gasteiger partial charge >= 0.3 is 0 Å². The monoisotopic (exact) mass is 240 g/mol. The van der Waals surface area contributed by atoms with Gasteiger partial charge in [0, 0.05) is 12.1 Å². The number of hydrogen-bond acceptors (Lipinski definition) is 3. The van der Waals surface area contributed by atoms with Crippen LogP contribution in [0.25, 0.3) is 0 Å². The molecular weight excluding hydrogens is 228 g/mol.